The summed E-state index contributed by atoms with van der Waals surface area (Å²) in [6.07, 6.45) is 2.36. The lowest BCUT2D eigenvalue weighted by molar-refractivity contribution is -0.124. The van der Waals surface area contributed by atoms with E-state index in [9.17, 15) is 9.59 Å². The van der Waals surface area contributed by atoms with Crippen LogP contribution in [0.3, 0.4) is 0 Å². The first-order valence-corrected chi connectivity index (χ1v) is 8.60. The lowest BCUT2D eigenvalue weighted by atomic mass is 9.93. The molecule has 0 fully saturated rings. The van der Waals surface area contributed by atoms with Gasteiger partial charge >= 0.3 is 0 Å². The van der Waals surface area contributed by atoms with Gasteiger partial charge in [-0.05, 0) is 36.1 Å². The van der Waals surface area contributed by atoms with E-state index in [1.807, 2.05) is 42.2 Å². The number of aromatic nitrogens is 2. The average Bonchev–Trinajstić information content (AvgIpc) is 2.61. The fourth-order valence-electron chi connectivity index (χ4n) is 3.57. The number of benzene rings is 1. The van der Waals surface area contributed by atoms with Gasteiger partial charge in [0.05, 0.1) is 11.7 Å². The van der Waals surface area contributed by atoms with Crippen LogP contribution in [-0.2, 0) is 24.3 Å². The average molecular weight is 348 g/mol. The Labute approximate surface area is 150 Å². The molecule has 3 aromatic rings. The molecule has 0 aliphatic carbocycles. The molecule has 0 saturated carbocycles. The van der Waals surface area contributed by atoms with Gasteiger partial charge in [-0.1, -0.05) is 30.3 Å². The second-order valence-electron chi connectivity index (χ2n) is 6.82. The highest BCUT2D eigenvalue weighted by Crippen LogP contribution is 2.24. The van der Waals surface area contributed by atoms with E-state index in [0.717, 1.165) is 11.1 Å². The van der Waals surface area contributed by atoms with Crippen LogP contribution < -0.4 is 11.3 Å². The van der Waals surface area contributed by atoms with Gasteiger partial charge in [-0.2, -0.15) is 0 Å². The Hall–Kier alpha value is -2.99. The molecule has 0 spiro atoms. The van der Waals surface area contributed by atoms with Gasteiger partial charge in [-0.25, -0.2) is 4.98 Å². The lowest BCUT2D eigenvalue weighted by Crippen LogP contribution is -2.48. The Kier molecular flexibility index (Phi) is 4.05. The molecule has 2 N–H and O–H groups in total. The van der Waals surface area contributed by atoms with Crippen molar-refractivity contribution >= 4 is 11.6 Å². The first kappa shape index (κ1) is 16.5. The normalized spacial score (nSPS) is 17.2. The van der Waals surface area contributed by atoms with Gasteiger partial charge in [-0.3, -0.25) is 18.9 Å². The molecule has 4 rings (SSSR count). The highest BCUT2D eigenvalue weighted by molar-refractivity contribution is 5.80. The summed E-state index contributed by atoms with van der Waals surface area (Å²) >= 11 is 0. The standard InChI is InChI=1S/C20H20N4O2/c1-13-6-7-18-22-16(9-19(25)24(18)10-13)12-23-11-15-5-3-2-4-14(15)8-17(23)20(21)26/h2-7,9-10,17H,8,11-12H2,1H3,(H2,21,26)/t17-/m1/s1. The van der Waals surface area contributed by atoms with Crippen LogP contribution >= 0.6 is 0 Å². The number of pyridine rings is 1. The van der Waals surface area contributed by atoms with E-state index in [0.29, 0.717) is 30.9 Å². The monoisotopic (exact) mass is 348 g/mol. The Morgan fingerprint density at radius 1 is 1.23 bits per heavy atom. The van der Waals surface area contributed by atoms with Gasteiger partial charge in [0.25, 0.3) is 5.56 Å². The van der Waals surface area contributed by atoms with Crippen LogP contribution in [0.15, 0.2) is 53.5 Å². The van der Waals surface area contributed by atoms with E-state index >= 15 is 0 Å². The number of carbonyl (C=O) groups excluding carboxylic acids is 1. The number of nitrogens with zero attached hydrogens (tertiary/aromatic N) is 3. The van der Waals surface area contributed by atoms with Gasteiger partial charge in [-0.15, -0.1) is 0 Å². The third-order valence-corrected chi connectivity index (χ3v) is 4.90. The SMILES string of the molecule is Cc1ccc2nc(CN3Cc4ccccc4C[C@@H]3C(N)=O)cc(=O)n2c1. The molecule has 0 unspecified atom stereocenters. The van der Waals surface area contributed by atoms with Gasteiger partial charge in [0.15, 0.2) is 0 Å². The molecular weight excluding hydrogens is 328 g/mol. The highest BCUT2D eigenvalue weighted by atomic mass is 16.1. The predicted molar refractivity (Wildman–Crippen MR) is 98.6 cm³/mol. The molecule has 1 amide bonds. The lowest BCUT2D eigenvalue weighted by Gasteiger charge is -2.34. The van der Waals surface area contributed by atoms with E-state index in [1.54, 1.807) is 6.20 Å². The number of hydrogen-bond donors (Lipinski definition) is 1. The summed E-state index contributed by atoms with van der Waals surface area (Å²) in [6, 6.07) is 12.9. The first-order chi connectivity index (χ1) is 12.5. The Morgan fingerprint density at radius 2 is 2.00 bits per heavy atom. The smallest absolute Gasteiger partial charge is 0.258 e. The minimum Gasteiger partial charge on any atom is -0.368 e. The van der Waals surface area contributed by atoms with Crippen molar-refractivity contribution in [2.75, 3.05) is 0 Å². The maximum Gasteiger partial charge on any atom is 0.258 e. The second kappa shape index (κ2) is 6.38. The van der Waals surface area contributed by atoms with Gasteiger partial charge in [0.1, 0.15) is 5.65 Å². The van der Waals surface area contributed by atoms with Crippen LogP contribution in [0.2, 0.25) is 0 Å². The number of rotatable bonds is 3. The molecule has 2 aromatic heterocycles. The third kappa shape index (κ3) is 2.99. The van der Waals surface area contributed by atoms with E-state index in [2.05, 4.69) is 11.1 Å². The number of carbonyl (C=O) groups is 1. The van der Waals surface area contributed by atoms with Crippen LogP contribution in [0.1, 0.15) is 22.4 Å². The molecule has 132 valence electrons. The summed E-state index contributed by atoms with van der Waals surface area (Å²) in [5.74, 6) is -0.354. The molecule has 6 nitrogen and oxygen atoms in total. The first-order valence-electron chi connectivity index (χ1n) is 8.60. The van der Waals surface area contributed by atoms with Crippen molar-refractivity contribution in [1.82, 2.24) is 14.3 Å². The van der Waals surface area contributed by atoms with Crippen LogP contribution in [0.4, 0.5) is 0 Å². The molecule has 0 saturated heterocycles. The molecule has 0 radical (unpaired) electrons. The van der Waals surface area contributed by atoms with Crippen molar-refractivity contribution in [3.63, 3.8) is 0 Å². The van der Waals surface area contributed by atoms with Crippen LogP contribution in [0.5, 0.6) is 0 Å². The zero-order valence-electron chi connectivity index (χ0n) is 14.6. The largest absolute Gasteiger partial charge is 0.368 e. The summed E-state index contributed by atoms with van der Waals surface area (Å²) in [7, 11) is 0. The highest BCUT2D eigenvalue weighted by Gasteiger charge is 2.30. The third-order valence-electron chi connectivity index (χ3n) is 4.90. The quantitative estimate of drug-likeness (QED) is 0.776. The minimum atomic E-state index is -0.400. The minimum absolute atomic E-state index is 0.123. The molecular formula is C20H20N4O2. The van der Waals surface area contributed by atoms with E-state index in [-0.39, 0.29) is 11.5 Å². The van der Waals surface area contributed by atoms with E-state index in [4.69, 9.17) is 5.73 Å². The van der Waals surface area contributed by atoms with Crippen molar-refractivity contribution < 1.29 is 4.79 Å². The Balaban J connectivity index is 1.69. The maximum absolute atomic E-state index is 12.4. The predicted octanol–water partition coefficient (Wildman–Crippen LogP) is 1.42. The molecule has 0 bridgehead atoms. The van der Waals surface area contributed by atoms with E-state index < -0.39 is 6.04 Å². The topological polar surface area (TPSA) is 80.7 Å². The fourth-order valence-corrected chi connectivity index (χ4v) is 3.57. The number of nitrogens with two attached hydrogens (primary N) is 1. The summed E-state index contributed by atoms with van der Waals surface area (Å²) in [5.41, 5.74) is 10.1. The van der Waals surface area contributed by atoms with Crippen molar-refractivity contribution in [2.45, 2.75) is 32.5 Å². The Morgan fingerprint density at radius 3 is 2.77 bits per heavy atom. The molecule has 1 aliphatic rings. The Bertz CT molecular complexity index is 1060. The number of aryl methyl sites for hydroxylation is 1. The number of amides is 1. The second-order valence-corrected chi connectivity index (χ2v) is 6.82. The molecule has 3 heterocycles. The van der Waals surface area contributed by atoms with Crippen LogP contribution in [0.25, 0.3) is 5.65 Å². The van der Waals surface area contributed by atoms with Gasteiger partial charge in [0, 0.05) is 25.4 Å². The zero-order valence-corrected chi connectivity index (χ0v) is 14.6. The van der Waals surface area contributed by atoms with E-state index in [1.165, 1.54) is 16.0 Å². The molecule has 1 aromatic carbocycles. The summed E-state index contributed by atoms with van der Waals surface area (Å²) in [6.45, 7) is 2.95. The van der Waals surface area contributed by atoms with Crippen LogP contribution in [0, 0.1) is 6.92 Å². The summed E-state index contributed by atoms with van der Waals surface area (Å²) in [4.78, 5) is 31.0. The van der Waals surface area contributed by atoms with Gasteiger partial charge in [0.2, 0.25) is 5.91 Å². The summed E-state index contributed by atoms with van der Waals surface area (Å²) in [5, 5.41) is 0. The molecule has 1 aliphatic heterocycles. The number of fused-ring (bicyclic) bond motifs is 2. The summed E-state index contributed by atoms with van der Waals surface area (Å²) < 4.78 is 1.54. The molecule has 1 atom stereocenters. The van der Waals surface area contributed by atoms with Crippen molar-refractivity contribution in [2.24, 2.45) is 5.73 Å². The maximum atomic E-state index is 12.4. The fraction of sp³-hybridized carbons (Fsp3) is 0.250. The van der Waals surface area contributed by atoms with Crippen LogP contribution in [-0.4, -0.2) is 26.2 Å². The van der Waals surface area contributed by atoms with Gasteiger partial charge < -0.3 is 5.73 Å². The molecule has 6 heteroatoms. The van der Waals surface area contributed by atoms with Crippen molar-refractivity contribution in [3.05, 3.63) is 81.4 Å². The number of hydrogen-bond acceptors (Lipinski definition) is 4. The zero-order chi connectivity index (χ0) is 18.3. The number of primary amides is 1. The van der Waals surface area contributed by atoms with Crippen molar-refractivity contribution in [1.29, 1.82) is 0 Å². The molecule has 26 heavy (non-hydrogen) atoms. The van der Waals surface area contributed by atoms with Crippen molar-refractivity contribution in [3.8, 4) is 0 Å².